The van der Waals surface area contributed by atoms with Gasteiger partial charge in [-0.15, -0.1) is 0 Å². The molecule has 2 rings (SSSR count). The van der Waals surface area contributed by atoms with E-state index in [1.54, 1.807) is 0 Å². The van der Waals surface area contributed by atoms with Gasteiger partial charge in [-0.25, -0.2) is 0 Å². The first-order valence-corrected chi connectivity index (χ1v) is 8.21. The zero-order chi connectivity index (χ0) is 15.1. The van der Waals surface area contributed by atoms with E-state index in [0.717, 1.165) is 19.4 Å². The third kappa shape index (κ3) is 4.18. The predicted molar refractivity (Wildman–Crippen MR) is 92.6 cm³/mol. The Labute approximate surface area is 129 Å². The Morgan fingerprint density at radius 2 is 1.38 bits per heavy atom. The van der Waals surface area contributed by atoms with Crippen molar-refractivity contribution in [1.82, 2.24) is 5.32 Å². The molecule has 0 heterocycles. The number of nitrogens with one attached hydrogen (secondary N) is 1. The lowest BCUT2D eigenvalue weighted by atomic mass is 9.98. The van der Waals surface area contributed by atoms with E-state index in [1.165, 1.54) is 28.7 Å². The van der Waals surface area contributed by atoms with Gasteiger partial charge in [0.25, 0.3) is 0 Å². The molecule has 0 aliphatic rings. The van der Waals surface area contributed by atoms with Gasteiger partial charge in [0.15, 0.2) is 0 Å². The lowest BCUT2D eigenvalue weighted by molar-refractivity contribution is 0.518. The molecular formula is C20H27N. The molecule has 2 aromatic rings. The summed E-state index contributed by atoms with van der Waals surface area (Å²) in [6, 6.07) is 18.4. The quantitative estimate of drug-likeness (QED) is 0.719. The van der Waals surface area contributed by atoms with Crippen molar-refractivity contribution in [2.24, 2.45) is 0 Å². The average Bonchev–Trinajstić information content (AvgIpc) is 2.56. The van der Waals surface area contributed by atoms with E-state index in [-0.39, 0.29) is 0 Å². The number of rotatable bonds is 7. The summed E-state index contributed by atoms with van der Waals surface area (Å²) in [5.74, 6) is 0. The van der Waals surface area contributed by atoms with Crippen LogP contribution in [0, 0.1) is 0 Å². The Bertz CT molecular complexity index is 525. The van der Waals surface area contributed by atoms with Gasteiger partial charge in [-0.3, -0.25) is 0 Å². The van der Waals surface area contributed by atoms with E-state index in [1.807, 2.05) is 0 Å². The lowest BCUT2D eigenvalue weighted by Gasteiger charge is -2.17. The summed E-state index contributed by atoms with van der Waals surface area (Å²) in [6.45, 7) is 7.73. The van der Waals surface area contributed by atoms with E-state index in [2.05, 4.69) is 74.6 Å². The van der Waals surface area contributed by atoms with Crippen LogP contribution in [0.25, 0.3) is 11.1 Å². The van der Waals surface area contributed by atoms with Crippen molar-refractivity contribution in [2.45, 2.75) is 46.1 Å². The Morgan fingerprint density at radius 3 is 1.86 bits per heavy atom. The average molecular weight is 281 g/mol. The summed E-state index contributed by atoms with van der Waals surface area (Å²) in [4.78, 5) is 0. The van der Waals surface area contributed by atoms with Gasteiger partial charge in [0, 0.05) is 6.04 Å². The number of hydrogen-bond donors (Lipinski definition) is 1. The molecule has 0 aliphatic carbocycles. The Morgan fingerprint density at radius 1 is 0.810 bits per heavy atom. The van der Waals surface area contributed by atoms with Crippen LogP contribution in [0.2, 0.25) is 0 Å². The van der Waals surface area contributed by atoms with Crippen molar-refractivity contribution in [1.29, 1.82) is 0 Å². The molecule has 0 saturated carbocycles. The Kier molecular flexibility index (Phi) is 6.01. The molecule has 2 aromatic carbocycles. The fraction of sp³-hybridized carbons (Fsp3) is 0.400. The smallest absolute Gasteiger partial charge is 0.0317 e. The van der Waals surface area contributed by atoms with Crippen molar-refractivity contribution in [3.63, 3.8) is 0 Å². The van der Waals surface area contributed by atoms with Gasteiger partial charge in [0.2, 0.25) is 0 Å². The molecule has 0 saturated heterocycles. The minimum atomic E-state index is 0.474. The maximum atomic E-state index is 3.61. The second kappa shape index (κ2) is 7.99. The SMILES string of the molecule is CCCNC(CC)c1ccc(-c2ccc(CC)cc2)cc1. The minimum Gasteiger partial charge on any atom is -0.310 e. The molecule has 0 aliphatic heterocycles. The zero-order valence-electron chi connectivity index (χ0n) is 13.5. The first-order chi connectivity index (χ1) is 10.3. The monoisotopic (exact) mass is 281 g/mol. The maximum Gasteiger partial charge on any atom is 0.0317 e. The van der Waals surface area contributed by atoms with Crippen molar-refractivity contribution in [3.05, 3.63) is 59.7 Å². The molecule has 1 nitrogen and oxygen atoms in total. The van der Waals surface area contributed by atoms with E-state index in [9.17, 15) is 0 Å². The van der Waals surface area contributed by atoms with Gasteiger partial charge < -0.3 is 5.32 Å². The summed E-state index contributed by atoms with van der Waals surface area (Å²) in [5.41, 5.74) is 5.38. The normalized spacial score (nSPS) is 12.3. The van der Waals surface area contributed by atoms with Gasteiger partial charge >= 0.3 is 0 Å². The van der Waals surface area contributed by atoms with Gasteiger partial charge in [-0.2, -0.15) is 0 Å². The number of benzene rings is 2. The second-order valence-electron chi connectivity index (χ2n) is 5.59. The molecule has 1 unspecified atom stereocenters. The van der Waals surface area contributed by atoms with E-state index in [4.69, 9.17) is 0 Å². The summed E-state index contributed by atoms with van der Waals surface area (Å²) < 4.78 is 0. The highest BCUT2D eigenvalue weighted by Gasteiger charge is 2.08. The van der Waals surface area contributed by atoms with E-state index >= 15 is 0 Å². The molecule has 112 valence electrons. The number of aryl methyl sites for hydroxylation is 1. The molecule has 1 heteroatoms. The van der Waals surface area contributed by atoms with Gasteiger partial charge in [-0.05, 0) is 48.1 Å². The van der Waals surface area contributed by atoms with Gasteiger partial charge in [0.1, 0.15) is 0 Å². The van der Waals surface area contributed by atoms with Gasteiger partial charge in [0.05, 0.1) is 0 Å². The lowest BCUT2D eigenvalue weighted by Crippen LogP contribution is -2.21. The number of hydrogen-bond acceptors (Lipinski definition) is 1. The van der Waals surface area contributed by atoms with Crippen LogP contribution in [0.5, 0.6) is 0 Å². The van der Waals surface area contributed by atoms with Crippen molar-refractivity contribution >= 4 is 0 Å². The zero-order valence-corrected chi connectivity index (χ0v) is 13.5. The van der Waals surface area contributed by atoms with Crippen LogP contribution in [0.15, 0.2) is 48.5 Å². The molecule has 0 spiro atoms. The van der Waals surface area contributed by atoms with E-state index < -0.39 is 0 Å². The standard InChI is InChI=1S/C20H27N/c1-4-15-21-20(6-3)19-13-11-18(12-14-19)17-9-7-16(5-2)8-10-17/h7-14,20-21H,4-6,15H2,1-3H3. The minimum absolute atomic E-state index is 0.474. The van der Waals surface area contributed by atoms with Crippen LogP contribution < -0.4 is 5.32 Å². The van der Waals surface area contributed by atoms with Crippen LogP contribution in [-0.2, 0) is 6.42 Å². The fourth-order valence-electron chi connectivity index (χ4n) is 2.66. The molecule has 0 bridgehead atoms. The van der Waals surface area contributed by atoms with Crippen LogP contribution in [0.3, 0.4) is 0 Å². The molecule has 1 N–H and O–H groups in total. The van der Waals surface area contributed by atoms with Crippen molar-refractivity contribution in [3.8, 4) is 11.1 Å². The van der Waals surface area contributed by atoms with Crippen molar-refractivity contribution < 1.29 is 0 Å². The molecular weight excluding hydrogens is 254 g/mol. The van der Waals surface area contributed by atoms with E-state index in [0.29, 0.717) is 6.04 Å². The molecule has 0 fully saturated rings. The Hall–Kier alpha value is -1.60. The summed E-state index contributed by atoms with van der Waals surface area (Å²) >= 11 is 0. The van der Waals surface area contributed by atoms with Crippen LogP contribution in [0.1, 0.15) is 50.8 Å². The van der Waals surface area contributed by atoms with Crippen LogP contribution >= 0.6 is 0 Å². The fourth-order valence-corrected chi connectivity index (χ4v) is 2.66. The van der Waals surface area contributed by atoms with Gasteiger partial charge in [-0.1, -0.05) is 69.3 Å². The third-order valence-electron chi connectivity index (χ3n) is 4.06. The van der Waals surface area contributed by atoms with Crippen LogP contribution in [0.4, 0.5) is 0 Å². The third-order valence-corrected chi connectivity index (χ3v) is 4.06. The first-order valence-electron chi connectivity index (χ1n) is 8.21. The largest absolute Gasteiger partial charge is 0.310 e. The topological polar surface area (TPSA) is 12.0 Å². The predicted octanol–water partition coefficient (Wildman–Crippen LogP) is 5.37. The summed E-state index contributed by atoms with van der Waals surface area (Å²) in [7, 11) is 0. The highest BCUT2D eigenvalue weighted by molar-refractivity contribution is 5.64. The molecule has 0 radical (unpaired) electrons. The first kappa shape index (κ1) is 15.8. The Balaban J connectivity index is 2.13. The highest BCUT2D eigenvalue weighted by atomic mass is 14.9. The molecule has 1 atom stereocenters. The maximum absolute atomic E-state index is 3.61. The molecule has 0 aromatic heterocycles. The van der Waals surface area contributed by atoms with Crippen LogP contribution in [-0.4, -0.2) is 6.54 Å². The summed E-state index contributed by atoms with van der Waals surface area (Å²) in [6.07, 6.45) is 3.41. The summed E-state index contributed by atoms with van der Waals surface area (Å²) in [5, 5.41) is 3.61. The molecule has 0 amide bonds. The second-order valence-corrected chi connectivity index (χ2v) is 5.59. The molecule has 21 heavy (non-hydrogen) atoms. The van der Waals surface area contributed by atoms with Crippen molar-refractivity contribution in [2.75, 3.05) is 6.54 Å². The highest BCUT2D eigenvalue weighted by Crippen LogP contribution is 2.23.